The van der Waals surface area contributed by atoms with Gasteiger partial charge >= 0.3 is 0 Å². The molecule has 1 atom stereocenters. The molecule has 9 heteroatoms. The van der Waals surface area contributed by atoms with Crippen molar-refractivity contribution < 1.29 is 14.3 Å². The van der Waals surface area contributed by atoms with E-state index in [9.17, 15) is 9.59 Å². The van der Waals surface area contributed by atoms with Gasteiger partial charge in [-0.1, -0.05) is 24.3 Å². The summed E-state index contributed by atoms with van der Waals surface area (Å²) in [6.45, 7) is 4.00. The molecule has 0 radical (unpaired) electrons. The van der Waals surface area contributed by atoms with Crippen molar-refractivity contribution in [3.63, 3.8) is 0 Å². The van der Waals surface area contributed by atoms with Crippen LogP contribution in [-0.4, -0.2) is 45.1 Å². The van der Waals surface area contributed by atoms with Crippen molar-refractivity contribution in [3.05, 3.63) is 102 Å². The van der Waals surface area contributed by atoms with Crippen LogP contribution >= 0.6 is 0 Å². The predicted molar refractivity (Wildman–Crippen MR) is 149 cm³/mol. The molecule has 2 aromatic carbocycles. The zero-order valence-electron chi connectivity index (χ0n) is 22.3. The number of hydrogen-bond acceptors (Lipinski definition) is 5. The molecule has 2 amide bonds. The lowest BCUT2D eigenvalue weighted by atomic mass is 10.0. The van der Waals surface area contributed by atoms with E-state index in [4.69, 9.17) is 4.74 Å². The van der Waals surface area contributed by atoms with Crippen LogP contribution in [0.1, 0.15) is 39.8 Å². The summed E-state index contributed by atoms with van der Waals surface area (Å²) < 4.78 is 9.19. The zero-order valence-corrected chi connectivity index (χ0v) is 22.3. The van der Waals surface area contributed by atoms with Crippen molar-refractivity contribution in [1.82, 2.24) is 29.8 Å². The molecule has 0 aliphatic carbocycles. The Hall–Kier alpha value is -4.92. The number of nitrogens with zero attached hydrogens (tertiary/aromatic N) is 4. The molecule has 0 aliphatic rings. The average molecular weight is 523 g/mol. The molecule has 198 valence electrons. The van der Waals surface area contributed by atoms with E-state index in [2.05, 4.69) is 26.8 Å². The van der Waals surface area contributed by atoms with Gasteiger partial charge in [0.05, 0.1) is 42.8 Å². The highest BCUT2D eigenvalue weighted by Crippen LogP contribution is 2.26. The van der Waals surface area contributed by atoms with Crippen LogP contribution in [0.25, 0.3) is 22.6 Å². The summed E-state index contributed by atoms with van der Waals surface area (Å²) in [7, 11) is 3.15. The number of pyridine rings is 1. The molecule has 0 bridgehead atoms. The van der Waals surface area contributed by atoms with E-state index in [1.807, 2.05) is 77.7 Å². The number of benzene rings is 2. The Bertz CT molecular complexity index is 1670. The molecule has 2 N–H and O–H groups in total. The Balaban J connectivity index is 1.42. The highest BCUT2D eigenvalue weighted by atomic mass is 16.5. The van der Waals surface area contributed by atoms with Crippen molar-refractivity contribution in [2.75, 3.05) is 14.2 Å². The molecule has 5 aromatic rings. The van der Waals surface area contributed by atoms with E-state index < -0.39 is 6.04 Å². The second-order valence-corrected chi connectivity index (χ2v) is 9.36. The number of carbonyl (C=O) groups excluding carboxylic acids is 2. The predicted octanol–water partition coefficient (Wildman–Crippen LogP) is 4.42. The second-order valence-electron chi connectivity index (χ2n) is 9.36. The number of rotatable bonds is 8. The zero-order chi connectivity index (χ0) is 27.5. The Morgan fingerprint density at radius 3 is 2.59 bits per heavy atom. The third-order valence-corrected chi connectivity index (χ3v) is 6.64. The standard InChI is InChI=1S/C30H30N6O3/c1-19-13-20(2)36(34-19)24-9-5-8-22(14-24)27-18-32-28-16-23(11-12-35(27)28)30(38)33-26(17-29(37)31-3)21-7-6-10-25(15-21)39-4/h5-16,18,26H,17H2,1-4H3,(H,31,37)(H,33,38)/t26-/m0/s1. The van der Waals surface area contributed by atoms with Crippen molar-refractivity contribution in [2.45, 2.75) is 26.3 Å². The molecule has 0 fully saturated rings. The smallest absolute Gasteiger partial charge is 0.251 e. The minimum absolute atomic E-state index is 0.0940. The number of imidazole rings is 1. The van der Waals surface area contributed by atoms with Crippen LogP contribution in [0.3, 0.4) is 0 Å². The normalized spacial score (nSPS) is 11.8. The highest BCUT2D eigenvalue weighted by Gasteiger charge is 2.20. The molecule has 0 spiro atoms. The molecule has 0 saturated carbocycles. The van der Waals surface area contributed by atoms with E-state index >= 15 is 0 Å². The van der Waals surface area contributed by atoms with Gasteiger partial charge in [0, 0.05) is 30.1 Å². The van der Waals surface area contributed by atoms with Gasteiger partial charge in [-0.15, -0.1) is 0 Å². The molecule has 39 heavy (non-hydrogen) atoms. The number of amides is 2. The Morgan fingerprint density at radius 1 is 1.03 bits per heavy atom. The molecule has 0 saturated heterocycles. The average Bonchev–Trinajstić information content (AvgIpc) is 3.54. The van der Waals surface area contributed by atoms with Gasteiger partial charge in [0.25, 0.3) is 5.91 Å². The van der Waals surface area contributed by atoms with E-state index in [0.717, 1.165) is 33.9 Å². The fourth-order valence-electron chi connectivity index (χ4n) is 4.66. The fourth-order valence-corrected chi connectivity index (χ4v) is 4.66. The van der Waals surface area contributed by atoms with Crippen LogP contribution in [0.4, 0.5) is 0 Å². The SMILES string of the molecule is CNC(=O)C[C@H](NC(=O)c1ccn2c(-c3cccc(-n4nc(C)cc4C)c3)cnc2c1)c1cccc(OC)c1. The van der Waals surface area contributed by atoms with Crippen LogP contribution in [-0.2, 0) is 4.79 Å². The second kappa shape index (κ2) is 10.8. The van der Waals surface area contributed by atoms with E-state index in [0.29, 0.717) is 17.0 Å². The maximum atomic E-state index is 13.3. The number of aryl methyl sites for hydroxylation is 2. The van der Waals surface area contributed by atoms with Crippen molar-refractivity contribution in [2.24, 2.45) is 0 Å². The van der Waals surface area contributed by atoms with E-state index in [1.54, 1.807) is 32.5 Å². The van der Waals surface area contributed by atoms with Gasteiger partial charge in [-0.25, -0.2) is 9.67 Å². The highest BCUT2D eigenvalue weighted by molar-refractivity contribution is 5.95. The summed E-state index contributed by atoms with van der Waals surface area (Å²) in [6.07, 6.45) is 3.72. The van der Waals surface area contributed by atoms with Gasteiger partial charge in [0.15, 0.2) is 0 Å². The molecule has 3 heterocycles. The number of fused-ring (bicyclic) bond motifs is 1. The molecular weight excluding hydrogens is 492 g/mol. The van der Waals surface area contributed by atoms with Crippen LogP contribution in [0.15, 0.2) is 79.1 Å². The van der Waals surface area contributed by atoms with E-state index in [-0.39, 0.29) is 18.2 Å². The number of carbonyl (C=O) groups is 2. The molecule has 5 rings (SSSR count). The van der Waals surface area contributed by atoms with Crippen molar-refractivity contribution >= 4 is 17.5 Å². The molecule has 0 aliphatic heterocycles. The first-order valence-corrected chi connectivity index (χ1v) is 12.6. The van der Waals surface area contributed by atoms with E-state index in [1.165, 1.54) is 0 Å². The van der Waals surface area contributed by atoms with Crippen molar-refractivity contribution in [1.29, 1.82) is 0 Å². The maximum Gasteiger partial charge on any atom is 0.251 e. The van der Waals surface area contributed by atoms with Crippen molar-refractivity contribution in [3.8, 4) is 22.7 Å². The summed E-state index contributed by atoms with van der Waals surface area (Å²) >= 11 is 0. The summed E-state index contributed by atoms with van der Waals surface area (Å²) in [6, 6.07) is 20.4. The first-order valence-electron chi connectivity index (χ1n) is 12.6. The number of nitrogens with one attached hydrogen (secondary N) is 2. The quantitative estimate of drug-likeness (QED) is 0.314. The maximum absolute atomic E-state index is 13.3. The summed E-state index contributed by atoms with van der Waals surface area (Å²) in [5.74, 6) is 0.168. The summed E-state index contributed by atoms with van der Waals surface area (Å²) in [5.41, 5.74) is 6.72. The number of ether oxygens (including phenoxy) is 1. The minimum Gasteiger partial charge on any atom is -0.497 e. The molecule has 0 unspecified atom stereocenters. The fraction of sp³-hybridized carbons (Fsp3) is 0.200. The third-order valence-electron chi connectivity index (χ3n) is 6.64. The lowest BCUT2D eigenvalue weighted by Crippen LogP contribution is -2.32. The van der Waals surface area contributed by atoms with Gasteiger partial charge in [0.2, 0.25) is 5.91 Å². The topological polar surface area (TPSA) is 103 Å². The van der Waals surface area contributed by atoms with Crippen LogP contribution in [0.2, 0.25) is 0 Å². The van der Waals surface area contributed by atoms with Gasteiger partial charge < -0.3 is 15.4 Å². The first kappa shape index (κ1) is 25.7. The lowest BCUT2D eigenvalue weighted by Gasteiger charge is -2.19. The van der Waals surface area contributed by atoms with Crippen LogP contribution in [0.5, 0.6) is 5.75 Å². The largest absolute Gasteiger partial charge is 0.497 e. The number of aromatic nitrogens is 4. The molecule has 3 aromatic heterocycles. The minimum atomic E-state index is -0.531. The number of hydrogen-bond donors (Lipinski definition) is 2. The summed E-state index contributed by atoms with van der Waals surface area (Å²) in [5, 5.41) is 10.2. The van der Waals surface area contributed by atoms with Crippen LogP contribution < -0.4 is 15.4 Å². The first-order chi connectivity index (χ1) is 18.9. The Labute approximate surface area is 226 Å². The van der Waals surface area contributed by atoms with Gasteiger partial charge in [-0.2, -0.15) is 5.10 Å². The molecular formula is C30H30N6O3. The summed E-state index contributed by atoms with van der Waals surface area (Å²) in [4.78, 5) is 30.1. The van der Waals surface area contributed by atoms with Gasteiger partial charge in [-0.3, -0.25) is 14.0 Å². The third kappa shape index (κ3) is 5.38. The van der Waals surface area contributed by atoms with Crippen LogP contribution in [0, 0.1) is 13.8 Å². The van der Waals surface area contributed by atoms with Gasteiger partial charge in [0.1, 0.15) is 11.4 Å². The monoisotopic (exact) mass is 522 g/mol. The Kier molecular flexibility index (Phi) is 7.14. The lowest BCUT2D eigenvalue weighted by molar-refractivity contribution is -0.121. The molecule has 9 nitrogen and oxygen atoms in total. The Morgan fingerprint density at radius 2 is 1.85 bits per heavy atom. The number of methoxy groups -OCH3 is 1. The van der Waals surface area contributed by atoms with Gasteiger partial charge in [-0.05, 0) is 61.9 Å².